The summed E-state index contributed by atoms with van der Waals surface area (Å²) in [6.07, 6.45) is 1.65. The van der Waals surface area contributed by atoms with Crippen molar-refractivity contribution in [2.75, 3.05) is 13.1 Å². The molecule has 1 aromatic heterocycles. The summed E-state index contributed by atoms with van der Waals surface area (Å²) in [5, 5.41) is 4.64. The van der Waals surface area contributed by atoms with Crippen LogP contribution in [0.2, 0.25) is 0 Å². The molecule has 0 aromatic carbocycles. The quantitative estimate of drug-likeness (QED) is 0.818. The van der Waals surface area contributed by atoms with E-state index in [9.17, 15) is 8.42 Å². The minimum atomic E-state index is -3.21. The highest BCUT2D eigenvalue weighted by molar-refractivity contribution is 7.90. The van der Waals surface area contributed by atoms with Crippen molar-refractivity contribution < 1.29 is 8.42 Å². The Labute approximate surface area is 99.3 Å². The highest BCUT2D eigenvalue weighted by atomic mass is 32.2. The Balaban J connectivity index is 1.91. The van der Waals surface area contributed by atoms with E-state index in [1.54, 1.807) is 5.51 Å². The van der Waals surface area contributed by atoms with E-state index in [1.807, 2.05) is 5.38 Å². The van der Waals surface area contributed by atoms with Gasteiger partial charge in [-0.05, 0) is 19.4 Å². The number of aromatic nitrogens is 1. The van der Waals surface area contributed by atoms with Crippen molar-refractivity contribution in [2.24, 2.45) is 0 Å². The Morgan fingerprint density at radius 3 is 3.12 bits per heavy atom. The fraction of sp³-hybridized carbons (Fsp3) is 0.667. The van der Waals surface area contributed by atoms with Gasteiger partial charge in [-0.15, -0.1) is 11.3 Å². The molecule has 0 amide bonds. The summed E-state index contributed by atoms with van der Waals surface area (Å²) in [5.41, 5.74) is 2.48. The van der Waals surface area contributed by atoms with Gasteiger partial charge in [0, 0.05) is 11.9 Å². The monoisotopic (exact) mass is 261 g/mol. The molecular formula is C9H15N3O2S2. The van der Waals surface area contributed by atoms with Crippen LogP contribution in [0.4, 0.5) is 0 Å². The van der Waals surface area contributed by atoms with Gasteiger partial charge in [-0.1, -0.05) is 0 Å². The average molecular weight is 261 g/mol. The van der Waals surface area contributed by atoms with Gasteiger partial charge in [0.25, 0.3) is 0 Å². The summed E-state index contributed by atoms with van der Waals surface area (Å²) in [6, 6.07) is 0. The van der Waals surface area contributed by atoms with Crippen LogP contribution in [0, 0.1) is 0 Å². The molecule has 1 aromatic rings. The lowest BCUT2D eigenvalue weighted by Gasteiger charge is -2.22. The Morgan fingerprint density at radius 1 is 1.62 bits per heavy atom. The number of hydrogen-bond donors (Lipinski definition) is 2. The van der Waals surface area contributed by atoms with Crippen LogP contribution >= 0.6 is 11.3 Å². The van der Waals surface area contributed by atoms with Crippen LogP contribution < -0.4 is 10.0 Å². The van der Waals surface area contributed by atoms with Crippen molar-refractivity contribution in [1.29, 1.82) is 0 Å². The van der Waals surface area contributed by atoms with Crippen molar-refractivity contribution in [3.8, 4) is 0 Å². The van der Waals surface area contributed by atoms with Gasteiger partial charge < -0.3 is 5.32 Å². The molecule has 1 aliphatic heterocycles. The molecule has 1 atom stereocenters. The van der Waals surface area contributed by atoms with E-state index in [0.717, 1.165) is 25.1 Å². The second kappa shape index (κ2) is 5.22. The summed E-state index contributed by atoms with van der Waals surface area (Å²) in [7, 11) is -3.21. The fourth-order valence-corrected chi connectivity index (χ4v) is 3.66. The van der Waals surface area contributed by atoms with E-state index in [0.29, 0.717) is 13.1 Å². The average Bonchev–Trinajstić information content (AvgIpc) is 2.81. The minimum absolute atomic E-state index is 0.294. The molecule has 2 N–H and O–H groups in total. The molecule has 0 bridgehead atoms. The molecule has 1 fully saturated rings. The number of thiazole rings is 1. The van der Waals surface area contributed by atoms with Gasteiger partial charge >= 0.3 is 0 Å². The first-order chi connectivity index (χ1) is 7.68. The van der Waals surface area contributed by atoms with Crippen LogP contribution in [-0.2, 0) is 16.6 Å². The molecular weight excluding hydrogens is 246 g/mol. The summed E-state index contributed by atoms with van der Waals surface area (Å²) >= 11 is 1.47. The Morgan fingerprint density at radius 2 is 2.50 bits per heavy atom. The van der Waals surface area contributed by atoms with E-state index in [1.165, 1.54) is 11.3 Å². The van der Waals surface area contributed by atoms with Crippen LogP contribution in [-0.4, -0.2) is 31.7 Å². The third-order valence-corrected chi connectivity index (χ3v) is 5.09. The molecule has 0 radical (unpaired) electrons. The first-order valence-electron chi connectivity index (χ1n) is 5.25. The predicted molar refractivity (Wildman–Crippen MR) is 63.8 cm³/mol. The Bertz CT molecular complexity index is 410. The SMILES string of the molecule is O=S(=O)(NCc1cscn1)C1CCCNC1. The molecule has 7 heteroatoms. The van der Waals surface area contributed by atoms with Crippen molar-refractivity contribution in [3.05, 3.63) is 16.6 Å². The zero-order chi connectivity index (χ0) is 11.4. The lowest BCUT2D eigenvalue weighted by Crippen LogP contribution is -2.44. The number of nitrogens with zero attached hydrogens (tertiary/aromatic N) is 1. The zero-order valence-corrected chi connectivity index (χ0v) is 10.5. The third kappa shape index (κ3) is 3.00. The highest BCUT2D eigenvalue weighted by Crippen LogP contribution is 2.11. The van der Waals surface area contributed by atoms with Crippen molar-refractivity contribution >= 4 is 21.4 Å². The maximum absolute atomic E-state index is 11.9. The van der Waals surface area contributed by atoms with Crippen molar-refractivity contribution in [3.63, 3.8) is 0 Å². The first-order valence-corrected chi connectivity index (χ1v) is 7.73. The number of hydrogen-bond acceptors (Lipinski definition) is 5. The zero-order valence-electron chi connectivity index (χ0n) is 8.85. The van der Waals surface area contributed by atoms with Gasteiger partial charge in [-0.3, -0.25) is 0 Å². The second-order valence-corrected chi connectivity index (χ2v) is 6.58. The normalized spacial score (nSPS) is 22.1. The van der Waals surface area contributed by atoms with Gasteiger partial charge in [-0.2, -0.15) is 0 Å². The molecule has 0 saturated carbocycles. The van der Waals surface area contributed by atoms with Crippen LogP contribution in [0.3, 0.4) is 0 Å². The second-order valence-electron chi connectivity index (χ2n) is 3.81. The molecule has 1 saturated heterocycles. The number of rotatable bonds is 4. The molecule has 16 heavy (non-hydrogen) atoms. The van der Waals surface area contributed by atoms with Crippen molar-refractivity contribution in [1.82, 2.24) is 15.0 Å². The molecule has 0 spiro atoms. The molecule has 1 aliphatic rings. The van der Waals surface area contributed by atoms with Crippen LogP contribution in [0.5, 0.6) is 0 Å². The molecule has 90 valence electrons. The van der Waals surface area contributed by atoms with Crippen LogP contribution in [0.1, 0.15) is 18.5 Å². The predicted octanol–water partition coefficient (Wildman–Crippen LogP) is 0.314. The van der Waals surface area contributed by atoms with E-state index in [4.69, 9.17) is 0 Å². The number of sulfonamides is 1. The number of nitrogens with one attached hydrogen (secondary N) is 2. The summed E-state index contributed by atoms with van der Waals surface area (Å²) in [6.45, 7) is 1.76. The van der Waals surface area contributed by atoms with E-state index >= 15 is 0 Å². The maximum atomic E-state index is 11.9. The molecule has 5 nitrogen and oxygen atoms in total. The van der Waals surface area contributed by atoms with Gasteiger partial charge in [0.05, 0.1) is 23.0 Å². The van der Waals surface area contributed by atoms with E-state index in [2.05, 4.69) is 15.0 Å². The maximum Gasteiger partial charge on any atom is 0.216 e. The van der Waals surface area contributed by atoms with Crippen LogP contribution in [0.15, 0.2) is 10.9 Å². The van der Waals surface area contributed by atoms with E-state index in [-0.39, 0.29) is 5.25 Å². The van der Waals surface area contributed by atoms with Crippen molar-refractivity contribution in [2.45, 2.75) is 24.6 Å². The summed E-state index contributed by atoms with van der Waals surface area (Å²) < 4.78 is 26.4. The summed E-state index contributed by atoms with van der Waals surface area (Å²) in [4.78, 5) is 4.04. The Hall–Kier alpha value is -0.500. The Kier molecular flexibility index (Phi) is 3.91. The molecule has 2 heterocycles. The fourth-order valence-electron chi connectivity index (χ4n) is 1.70. The third-order valence-electron chi connectivity index (χ3n) is 2.63. The molecule has 2 rings (SSSR count). The smallest absolute Gasteiger partial charge is 0.216 e. The van der Waals surface area contributed by atoms with Gasteiger partial charge in [-0.25, -0.2) is 18.1 Å². The van der Waals surface area contributed by atoms with E-state index < -0.39 is 10.0 Å². The lowest BCUT2D eigenvalue weighted by molar-refractivity contribution is 0.490. The van der Waals surface area contributed by atoms with Gasteiger partial charge in [0.2, 0.25) is 10.0 Å². The molecule has 0 aliphatic carbocycles. The molecule has 1 unspecified atom stereocenters. The van der Waals surface area contributed by atoms with Crippen LogP contribution in [0.25, 0.3) is 0 Å². The first kappa shape index (κ1) is 12.0. The summed E-state index contributed by atoms with van der Waals surface area (Å²) in [5.74, 6) is 0. The topological polar surface area (TPSA) is 71.1 Å². The minimum Gasteiger partial charge on any atom is -0.315 e. The highest BCUT2D eigenvalue weighted by Gasteiger charge is 2.26. The largest absolute Gasteiger partial charge is 0.315 e. The van der Waals surface area contributed by atoms with Gasteiger partial charge in [0.15, 0.2) is 0 Å². The number of piperidine rings is 1. The lowest BCUT2D eigenvalue weighted by atomic mass is 10.2. The van der Waals surface area contributed by atoms with Gasteiger partial charge in [0.1, 0.15) is 0 Å². The standard InChI is InChI=1S/C9H15N3O2S2/c13-16(14,9-2-1-3-10-5-9)12-4-8-6-15-7-11-8/h6-7,9-10,12H,1-5H2.